The molecular weight excluding hydrogens is 241 g/mol. The summed E-state index contributed by atoms with van der Waals surface area (Å²) in [6.07, 6.45) is 0.769. The largest absolute Gasteiger partial charge is 0.370 e. The molecule has 1 aromatic heterocycles. The third kappa shape index (κ3) is 4.25. The summed E-state index contributed by atoms with van der Waals surface area (Å²) in [5.41, 5.74) is 0.982. The predicted molar refractivity (Wildman–Crippen MR) is 77.0 cm³/mol. The number of nitrogens with one attached hydrogen (secondary N) is 2. The molecule has 3 nitrogen and oxygen atoms in total. The summed E-state index contributed by atoms with van der Waals surface area (Å²) >= 11 is 0. The minimum atomic E-state index is -0.190. The van der Waals surface area contributed by atoms with Gasteiger partial charge >= 0.3 is 0 Å². The van der Waals surface area contributed by atoms with Crippen LogP contribution < -0.4 is 10.6 Å². The highest BCUT2D eigenvalue weighted by Gasteiger charge is 1.98. The zero-order chi connectivity index (χ0) is 13.5. The first kappa shape index (κ1) is 13.3. The lowest BCUT2D eigenvalue weighted by Gasteiger charge is -2.08. The number of aromatic nitrogens is 1. The topological polar surface area (TPSA) is 37.0 Å². The Morgan fingerprint density at radius 2 is 1.79 bits per heavy atom. The molecule has 1 heterocycles. The van der Waals surface area contributed by atoms with E-state index in [4.69, 9.17) is 0 Å². The lowest BCUT2D eigenvalue weighted by molar-refractivity contribution is 0.625. The molecule has 0 fully saturated rings. The maximum absolute atomic E-state index is 13.0. The van der Waals surface area contributed by atoms with Crippen molar-refractivity contribution in [1.82, 2.24) is 4.98 Å². The van der Waals surface area contributed by atoms with Crippen LogP contribution in [0.2, 0.25) is 0 Å². The Balaban J connectivity index is 1.87. The van der Waals surface area contributed by atoms with Crippen LogP contribution in [-0.2, 0) is 6.42 Å². The summed E-state index contributed by atoms with van der Waals surface area (Å²) in [7, 11) is 0. The quantitative estimate of drug-likeness (QED) is 0.835. The van der Waals surface area contributed by atoms with Crippen LogP contribution in [0, 0.1) is 5.82 Å². The van der Waals surface area contributed by atoms with E-state index in [9.17, 15) is 4.39 Å². The first-order valence-corrected chi connectivity index (χ1v) is 6.47. The van der Waals surface area contributed by atoms with Gasteiger partial charge in [-0.3, -0.25) is 0 Å². The van der Waals surface area contributed by atoms with Crippen LogP contribution in [0.15, 0.2) is 42.5 Å². The molecule has 2 aromatic rings. The molecule has 0 saturated heterocycles. The second kappa shape index (κ2) is 6.73. The molecule has 0 atom stereocenters. The molecule has 0 bridgehead atoms. The van der Waals surface area contributed by atoms with Crippen LogP contribution >= 0.6 is 0 Å². The van der Waals surface area contributed by atoms with Gasteiger partial charge in [0.25, 0.3) is 0 Å². The fourth-order valence-corrected chi connectivity index (χ4v) is 1.84. The highest BCUT2D eigenvalue weighted by molar-refractivity contribution is 5.45. The number of benzene rings is 1. The average Bonchev–Trinajstić information content (AvgIpc) is 2.40. The third-order valence-electron chi connectivity index (χ3n) is 2.72. The van der Waals surface area contributed by atoms with Crippen LogP contribution in [0.1, 0.15) is 12.5 Å². The van der Waals surface area contributed by atoms with Gasteiger partial charge < -0.3 is 10.6 Å². The SMILES string of the molecule is CCNc1cccc(NCCc2cccc(F)c2)n1. The number of hydrogen-bond acceptors (Lipinski definition) is 3. The highest BCUT2D eigenvalue weighted by atomic mass is 19.1. The van der Waals surface area contributed by atoms with Gasteiger partial charge in [-0.05, 0) is 43.2 Å². The number of nitrogens with zero attached hydrogens (tertiary/aromatic N) is 1. The Morgan fingerprint density at radius 3 is 2.53 bits per heavy atom. The van der Waals surface area contributed by atoms with Crippen LogP contribution in [0.3, 0.4) is 0 Å². The summed E-state index contributed by atoms with van der Waals surface area (Å²) in [5, 5.41) is 6.40. The molecule has 100 valence electrons. The van der Waals surface area contributed by atoms with Crippen molar-refractivity contribution < 1.29 is 4.39 Å². The Bertz CT molecular complexity index is 528. The van der Waals surface area contributed by atoms with E-state index in [1.165, 1.54) is 6.07 Å². The molecule has 0 spiro atoms. The van der Waals surface area contributed by atoms with E-state index in [0.29, 0.717) is 0 Å². The van der Waals surface area contributed by atoms with Gasteiger partial charge in [0.2, 0.25) is 0 Å². The maximum atomic E-state index is 13.0. The van der Waals surface area contributed by atoms with Crippen LogP contribution in [0.5, 0.6) is 0 Å². The van der Waals surface area contributed by atoms with E-state index < -0.39 is 0 Å². The summed E-state index contributed by atoms with van der Waals surface area (Å²) in [5.74, 6) is 1.50. The van der Waals surface area contributed by atoms with Crippen molar-refractivity contribution in [3.8, 4) is 0 Å². The number of rotatable bonds is 6. The Hall–Kier alpha value is -2.10. The number of halogens is 1. The van der Waals surface area contributed by atoms with Gasteiger partial charge in [0.05, 0.1) is 0 Å². The molecule has 2 rings (SSSR count). The molecule has 1 aromatic carbocycles. The van der Waals surface area contributed by atoms with Gasteiger partial charge in [-0.2, -0.15) is 0 Å². The third-order valence-corrected chi connectivity index (χ3v) is 2.72. The smallest absolute Gasteiger partial charge is 0.128 e. The molecule has 2 N–H and O–H groups in total. The first-order valence-electron chi connectivity index (χ1n) is 6.47. The van der Waals surface area contributed by atoms with Crippen molar-refractivity contribution >= 4 is 11.6 Å². The van der Waals surface area contributed by atoms with Crippen LogP contribution in [0.4, 0.5) is 16.0 Å². The minimum absolute atomic E-state index is 0.190. The van der Waals surface area contributed by atoms with E-state index in [1.807, 2.05) is 31.2 Å². The summed E-state index contributed by atoms with van der Waals surface area (Å²) in [6, 6.07) is 12.5. The predicted octanol–water partition coefficient (Wildman–Crippen LogP) is 3.31. The maximum Gasteiger partial charge on any atom is 0.128 e. The first-order chi connectivity index (χ1) is 9.28. The molecule has 0 aliphatic rings. The lowest BCUT2D eigenvalue weighted by Crippen LogP contribution is -2.07. The van der Waals surface area contributed by atoms with Gasteiger partial charge in [0.1, 0.15) is 17.5 Å². The standard InChI is InChI=1S/C15H18FN3/c1-2-17-14-7-4-8-15(19-14)18-10-9-12-5-3-6-13(16)11-12/h3-8,11H,2,9-10H2,1H3,(H2,17,18,19). The fourth-order valence-electron chi connectivity index (χ4n) is 1.84. The average molecular weight is 259 g/mol. The minimum Gasteiger partial charge on any atom is -0.370 e. The van der Waals surface area contributed by atoms with Gasteiger partial charge in [-0.1, -0.05) is 18.2 Å². The molecule has 19 heavy (non-hydrogen) atoms. The van der Waals surface area contributed by atoms with Crippen molar-refractivity contribution in [2.24, 2.45) is 0 Å². The molecule has 0 aliphatic heterocycles. The zero-order valence-corrected chi connectivity index (χ0v) is 11.0. The van der Waals surface area contributed by atoms with Crippen molar-refractivity contribution in [2.45, 2.75) is 13.3 Å². The second-order valence-corrected chi connectivity index (χ2v) is 4.25. The van der Waals surface area contributed by atoms with Crippen molar-refractivity contribution in [2.75, 3.05) is 23.7 Å². The molecule has 4 heteroatoms. The van der Waals surface area contributed by atoms with Crippen molar-refractivity contribution in [1.29, 1.82) is 0 Å². The molecule has 0 aliphatic carbocycles. The van der Waals surface area contributed by atoms with Gasteiger partial charge in [-0.25, -0.2) is 9.37 Å². The fraction of sp³-hybridized carbons (Fsp3) is 0.267. The number of hydrogen-bond donors (Lipinski definition) is 2. The molecule has 0 unspecified atom stereocenters. The second-order valence-electron chi connectivity index (χ2n) is 4.25. The van der Waals surface area contributed by atoms with Crippen LogP contribution in [-0.4, -0.2) is 18.1 Å². The zero-order valence-electron chi connectivity index (χ0n) is 11.0. The van der Waals surface area contributed by atoms with E-state index in [2.05, 4.69) is 15.6 Å². The van der Waals surface area contributed by atoms with E-state index in [0.717, 1.165) is 36.7 Å². The van der Waals surface area contributed by atoms with Gasteiger partial charge in [-0.15, -0.1) is 0 Å². The van der Waals surface area contributed by atoms with Gasteiger partial charge in [0.15, 0.2) is 0 Å². The summed E-state index contributed by atoms with van der Waals surface area (Å²) in [4.78, 5) is 4.41. The number of anilines is 2. The Morgan fingerprint density at radius 1 is 1.05 bits per heavy atom. The monoisotopic (exact) mass is 259 g/mol. The summed E-state index contributed by atoms with van der Waals surface area (Å²) < 4.78 is 13.0. The Kier molecular flexibility index (Phi) is 4.72. The van der Waals surface area contributed by atoms with Crippen molar-refractivity contribution in [3.63, 3.8) is 0 Å². The van der Waals surface area contributed by atoms with Crippen LogP contribution in [0.25, 0.3) is 0 Å². The van der Waals surface area contributed by atoms with E-state index in [-0.39, 0.29) is 5.82 Å². The summed E-state index contributed by atoms with van der Waals surface area (Å²) in [6.45, 7) is 3.61. The molecule has 0 radical (unpaired) electrons. The molecule has 0 saturated carbocycles. The van der Waals surface area contributed by atoms with E-state index in [1.54, 1.807) is 12.1 Å². The molecular formula is C15H18FN3. The van der Waals surface area contributed by atoms with E-state index >= 15 is 0 Å². The van der Waals surface area contributed by atoms with Gasteiger partial charge in [0, 0.05) is 13.1 Å². The number of pyridine rings is 1. The lowest BCUT2D eigenvalue weighted by atomic mass is 10.1. The highest BCUT2D eigenvalue weighted by Crippen LogP contribution is 2.09. The van der Waals surface area contributed by atoms with Crippen molar-refractivity contribution in [3.05, 3.63) is 53.8 Å². The normalized spacial score (nSPS) is 10.2. The Labute approximate surface area is 112 Å². The molecule has 0 amide bonds.